The number of halogens is 4. The summed E-state index contributed by atoms with van der Waals surface area (Å²) in [6.45, 7) is 0.692. The summed E-state index contributed by atoms with van der Waals surface area (Å²) in [6, 6.07) is 9.57. The zero-order valence-electron chi connectivity index (χ0n) is 15.9. The first-order valence-electron chi connectivity index (χ1n) is 9.63. The van der Waals surface area contributed by atoms with Crippen LogP contribution in [0.3, 0.4) is 0 Å². The van der Waals surface area contributed by atoms with Gasteiger partial charge in [0.25, 0.3) is 0 Å². The normalized spacial score (nSPS) is 14.7. The van der Waals surface area contributed by atoms with E-state index < -0.39 is 11.7 Å². The molecule has 4 rings (SSSR count). The Balaban J connectivity index is 1.69. The first-order valence-corrected chi connectivity index (χ1v) is 10.0. The van der Waals surface area contributed by atoms with Gasteiger partial charge in [0.2, 0.25) is 0 Å². The van der Waals surface area contributed by atoms with E-state index in [4.69, 9.17) is 20.8 Å². The molecule has 1 N–H and O–H groups in total. The number of alkyl halides is 3. The van der Waals surface area contributed by atoms with Crippen molar-refractivity contribution >= 4 is 22.6 Å². The van der Waals surface area contributed by atoms with Gasteiger partial charge in [0, 0.05) is 18.7 Å². The molecule has 1 aliphatic rings. The standard InChI is InChI=1S/C22H19ClF3NO3/c23-17-6-2-5-15-18(28)12-20(30-21(15)17)16-8-7-13(22(24,25)26)11-19(16)29-10-9-27-14-3-1-4-14/h2,5-8,11-12,14,27H,1,3-4,9-10H2. The predicted molar refractivity (Wildman–Crippen MR) is 109 cm³/mol. The van der Waals surface area contributed by atoms with Gasteiger partial charge in [-0.1, -0.05) is 24.1 Å². The molecule has 30 heavy (non-hydrogen) atoms. The molecular weight excluding hydrogens is 419 g/mol. The molecule has 0 bridgehead atoms. The summed E-state index contributed by atoms with van der Waals surface area (Å²) >= 11 is 6.14. The first-order chi connectivity index (χ1) is 14.3. The Morgan fingerprint density at radius 3 is 2.67 bits per heavy atom. The van der Waals surface area contributed by atoms with Gasteiger partial charge in [0.15, 0.2) is 11.0 Å². The third-order valence-electron chi connectivity index (χ3n) is 5.18. The quantitative estimate of drug-likeness (QED) is 0.506. The van der Waals surface area contributed by atoms with Crippen molar-refractivity contribution in [3.05, 3.63) is 63.3 Å². The minimum absolute atomic E-state index is 0.00483. The molecule has 158 valence electrons. The van der Waals surface area contributed by atoms with Crippen LogP contribution in [-0.4, -0.2) is 19.2 Å². The minimum atomic E-state index is -4.52. The molecule has 0 saturated heterocycles. The average molecular weight is 438 g/mol. The SMILES string of the molecule is O=c1cc(-c2ccc(C(F)(F)F)cc2OCCNC2CCC2)oc2c(Cl)cccc12. The van der Waals surface area contributed by atoms with Crippen LogP contribution >= 0.6 is 11.6 Å². The molecule has 0 amide bonds. The lowest BCUT2D eigenvalue weighted by atomic mass is 9.93. The van der Waals surface area contributed by atoms with Crippen LogP contribution in [0.1, 0.15) is 24.8 Å². The van der Waals surface area contributed by atoms with E-state index in [0.717, 1.165) is 25.0 Å². The van der Waals surface area contributed by atoms with E-state index in [-0.39, 0.29) is 39.7 Å². The summed E-state index contributed by atoms with van der Waals surface area (Å²) in [7, 11) is 0. The van der Waals surface area contributed by atoms with Crippen LogP contribution in [0, 0.1) is 0 Å². The number of ether oxygens (including phenoxy) is 1. The highest BCUT2D eigenvalue weighted by molar-refractivity contribution is 6.34. The maximum atomic E-state index is 13.2. The second-order valence-electron chi connectivity index (χ2n) is 7.23. The van der Waals surface area contributed by atoms with Crippen molar-refractivity contribution in [1.82, 2.24) is 5.32 Å². The fraction of sp³-hybridized carbons (Fsp3) is 0.318. The number of benzene rings is 2. The summed E-state index contributed by atoms with van der Waals surface area (Å²) in [5, 5.41) is 3.83. The van der Waals surface area contributed by atoms with Crippen molar-refractivity contribution in [2.45, 2.75) is 31.5 Å². The van der Waals surface area contributed by atoms with Crippen molar-refractivity contribution in [2.75, 3.05) is 13.2 Å². The smallest absolute Gasteiger partial charge is 0.416 e. The Bertz CT molecular complexity index is 1120. The van der Waals surface area contributed by atoms with E-state index in [1.54, 1.807) is 18.2 Å². The number of nitrogens with one attached hydrogen (secondary N) is 1. The molecule has 0 aliphatic heterocycles. The van der Waals surface area contributed by atoms with Crippen LogP contribution in [0.15, 0.2) is 51.7 Å². The van der Waals surface area contributed by atoms with Crippen LogP contribution in [0.25, 0.3) is 22.3 Å². The molecule has 1 aromatic heterocycles. The van der Waals surface area contributed by atoms with Gasteiger partial charge in [-0.25, -0.2) is 0 Å². The molecule has 0 radical (unpaired) electrons. The molecule has 2 aromatic carbocycles. The van der Waals surface area contributed by atoms with Gasteiger partial charge >= 0.3 is 6.18 Å². The van der Waals surface area contributed by atoms with Gasteiger partial charge in [-0.3, -0.25) is 4.79 Å². The van der Waals surface area contributed by atoms with Crippen LogP contribution in [-0.2, 0) is 6.18 Å². The molecule has 3 aromatic rings. The molecule has 1 saturated carbocycles. The number of hydrogen-bond acceptors (Lipinski definition) is 4. The Morgan fingerprint density at radius 2 is 1.97 bits per heavy atom. The lowest BCUT2D eigenvalue weighted by Gasteiger charge is -2.26. The Kier molecular flexibility index (Phi) is 5.75. The van der Waals surface area contributed by atoms with E-state index in [1.807, 2.05) is 0 Å². The van der Waals surface area contributed by atoms with Crippen LogP contribution < -0.4 is 15.5 Å². The van der Waals surface area contributed by atoms with Crippen LogP contribution in [0.4, 0.5) is 13.2 Å². The van der Waals surface area contributed by atoms with Gasteiger partial charge in [-0.05, 0) is 43.2 Å². The lowest BCUT2D eigenvalue weighted by Crippen LogP contribution is -2.37. The third-order valence-corrected chi connectivity index (χ3v) is 5.48. The van der Waals surface area contributed by atoms with E-state index in [0.29, 0.717) is 18.0 Å². The monoisotopic (exact) mass is 437 g/mol. The Labute approximate surface area is 175 Å². The molecule has 0 atom stereocenters. The van der Waals surface area contributed by atoms with Crippen molar-refractivity contribution < 1.29 is 22.3 Å². The number of hydrogen-bond donors (Lipinski definition) is 1. The van der Waals surface area contributed by atoms with Crippen molar-refractivity contribution in [2.24, 2.45) is 0 Å². The molecule has 1 aliphatic carbocycles. The van der Waals surface area contributed by atoms with Crippen molar-refractivity contribution in [3.63, 3.8) is 0 Å². The number of para-hydroxylation sites is 1. The van der Waals surface area contributed by atoms with E-state index in [2.05, 4.69) is 5.32 Å². The molecule has 1 fully saturated rings. The molecule has 0 spiro atoms. The summed E-state index contributed by atoms with van der Waals surface area (Å²) in [5.74, 6) is 0.0889. The largest absolute Gasteiger partial charge is 0.491 e. The fourth-order valence-corrected chi connectivity index (χ4v) is 3.55. The molecule has 4 nitrogen and oxygen atoms in total. The number of rotatable bonds is 6. The maximum Gasteiger partial charge on any atom is 0.416 e. The summed E-state index contributed by atoms with van der Waals surface area (Å²) < 4.78 is 51.1. The molecule has 8 heteroatoms. The highest BCUT2D eigenvalue weighted by Crippen LogP contribution is 2.38. The zero-order chi connectivity index (χ0) is 21.3. The number of fused-ring (bicyclic) bond motifs is 1. The van der Waals surface area contributed by atoms with E-state index in [9.17, 15) is 18.0 Å². The highest BCUT2D eigenvalue weighted by Gasteiger charge is 2.31. The minimum Gasteiger partial charge on any atom is -0.491 e. The van der Waals surface area contributed by atoms with Crippen LogP contribution in [0.5, 0.6) is 5.75 Å². The van der Waals surface area contributed by atoms with Crippen molar-refractivity contribution in [1.29, 1.82) is 0 Å². The van der Waals surface area contributed by atoms with E-state index in [1.165, 1.54) is 18.6 Å². The second-order valence-corrected chi connectivity index (χ2v) is 7.64. The lowest BCUT2D eigenvalue weighted by molar-refractivity contribution is -0.137. The second kappa shape index (κ2) is 8.32. The zero-order valence-corrected chi connectivity index (χ0v) is 16.6. The molecule has 0 unspecified atom stereocenters. The van der Waals surface area contributed by atoms with Crippen molar-refractivity contribution in [3.8, 4) is 17.1 Å². The molecule has 1 heterocycles. The van der Waals surface area contributed by atoms with Gasteiger partial charge in [-0.2, -0.15) is 13.2 Å². The highest BCUT2D eigenvalue weighted by atomic mass is 35.5. The Hall–Kier alpha value is -2.51. The topological polar surface area (TPSA) is 51.5 Å². The van der Waals surface area contributed by atoms with Gasteiger partial charge in [-0.15, -0.1) is 0 Å². The Morgan fingerprint density at radius 1 is 1.17 bits per heavy atom. The van der Waals surface area contributed by atoms with Crippen LogP contribution in [0.2, 0.25) is 5.02 Å². The summed E-state index contributed by atoms with van der Waals surface area (Å²) in [4.78, 5) is 12.5. The fourth-order valence-electron chi connectivity index (χ4n) is 3.33. The summed E-state index contributed by atoms with van der Waals surface area (Å²) in [6.07, 6.45) is -1.15. The third kappa shape index (κ3) is 4.32. The molecular formula is C22H19ClF3NO3. The van der Waals surface area contributed by atoms with Gasteiger partial charge < -0.3 is 14.5 Å². The first kappa shape index (κ1) is 20.8. The van der Waals surface area contributed by atoms with E-state index >= 15 is 0 Å². The van der Waals surface area contributed by atoms with Gasteiger partial charge in [0.1, 0.15) is 18.1 Å². The van der Waals surface area contributed by atoms with Gasteiger partial charge in [0.05, 0.1) is 21.5 Å². The summed E-state index contributed by atoms with van der Waals surface area (Å²) in [5.41, 5.74) is -0.745. The average Bonchev–Trinajstić information content (AvgIpc) is 2.66. The maximum absolute atomic E-state index is 13.2. The predicted octanol–water partition coefficient (Wildman–Crippen LogP) is 5.65.